The van der Waals surface area contributed by atoms with Crippen molar-refractivity contribution in [3.8, 4) is 0 Å². The quantitative estimate of drug-likeness (QED) is 0.494. The molecule has 114 valence electrons. The van der Waals surface area contributed by atoms with Crippen molar-refractivity contribution < 1.29 is 27.4 Å². The number of ether oxygens (including phenoxy) is 2. The first-order valence-electron chi connectivity index (χ1n) is 5.92. The van der Waals surface area contributed by atoms with Crippen LogP contribution in [0.3, 0.4) is 0 Å². The molecule has 0 heterocycles. The zero-order chi connectivity index (χ0) is 14.7. The molecule has 0 aliphatic rings. The smallest absolute Gasteiger partial charge is 0.389 e. The molecule has 2 N–H and O–H groups in total. The van der Waals surface area contributed by atoms with Gasteiger partial charge in [0, 0.05) is 13.5 Å². The molecule has 1 unspecified atom stereocenters. The standard InChI is InChI=1S/C11H20F3NO3S/c1-17-5-6-18-10(16)9(15)3-8-19-7-2-4-11(12,13)14/h9H,2-8,15H2,1H3. The molecule has 19 heavy (non-hydrogen) atoms. The Balaban J connectivity index is 3.47. The van der Waals surface area contributed by atoms with E-state index in [1.807, 2.05) is 0 Å². The van der Waals surface area contributed by atoms with Crippen molar-refractivity contribution in [2.45, 2.75) is 31.5 Å². The summed E-state index contributed by atoms with van der Waals surface area (Å²) < 4.78 is 45.1. The maximum absolute atomic E-state index is 11.8. The Kier molecular flexibility index (Phi) is 10.1. The molecule has 0 fully saturated rings. The third-order valence-corrected chi connectivity index (χ3v) is 3.26. The third kappa shape index (κ3) is 12.3. The van der Waals surface area contributed by atoms with Gasteiger partial charge in [0.1, 0.15) is 12.6 Å². The van der Waals surface area contributed by atoms with Crippen molar-refractivity contribution in [3.63, 3.8) is 0 Å². The number of hydrogen-bond donors (Lipinski definition) is 1. The fourth-order valence-corrected chi connectivity index (χ4v) is 2.11. The van der Waals surface area contributed by atoms with Gasteiger partial charge in [-0.25, -0.2) is 0 Å². The monoisotopic (exact) mass is 303 g/mol. The topological polar surface area (TPSA) is 61.5 Å². The normalized spacial score (nSPS) is 13.3. The van der Waals surface area contributed by atoms with Gasteiger partial charge in [-0.2, -0.15) is 24.9 Å². The summed E-state index contributed by atoms with van der Waals surface area (Å²) in [6, 6.07) is -0.730. The van der Waals surface area contributed by atoms with Crippen molar-refractivity contribution in [2.24, 2.45) is 5.73 Å². The second-order valence-corrected chi connectivity index (χ2v) is 5.11. The molecular formula is C11H20F3NO3S. The van der Waals surface area contributed by atoms with Crippen LogP contribution < -0.4 is 5.73 Å². The minimum absolute atomic E-state index is 0.0850. The lowest BCUT2D eigenvalue weighted by Crippen LogP contribution is -2.33. The van der Waals surface area contributed by atoms with E-state index in [4.69, 9.17) is 15.2 Å². The number of thioether (sulfide) groups is 1. The van der Waals surface area contributed by atoms with E-state index in [-0.39, 0.29) is 13.0 Å². The maximum atomic E-state index is 11.8. The molecular weight excluding hydrogens is 283 g/mol. The van der Waals surface area contributed by atoms with Crippen LogP contribution in [0.4, 0.5) is 13.2 Å². The van der Waals surface area contributed by atoms with Crippen molar-refractivity contribution in [2.75, 3.05) is 31.8 Å². The van der Waals surface area contributed by atoms with Gasteiger partial charge < -0.3 is 15.2 Å². The van der Waals surface area contributed by atoms with E-state index in [9.17, 15) is 18.0 Å². The van der Waals surface area contributed by atoms with Crippen LogP contribution in [0.5, 0.6) is 0 Å². The lowest BCUT2D eigenvalue weighted by atomic mass is 10.2. The van der Waals surface area contributed by atoms with Crippen LogP contribution in [-0.2, 0) is 14.3 Å². The number of esters is 1. The fourth-order valence-electron chi connectivity index (χ4n) is 1.14. The Hall–Kier alpha value is -0.470. The van der Waals surface area contributed by atoms with Gasteiger partial charge in [-0.15, -0.1) is 0 Å². The SMILES string of the molecule is COCCOC(=O)C(N)CCSCCCC(F)(F)F. The zero-order valence-corrected chi connectivity index (χ0v) is 11.7. The van der Waals surface area contributed by atoms with Gasteiger partial charge in [-0.05, 0) is 24.3 Å². The van der Waals surface area contributed by atoms with E-state index in [2.05, 4.69) is 0 Å². The molecule has 4 nitrogen and oxygen atoms in total. The summed E-state index contributed by atoms with van der Waals surface area (Å²) in [6.45, 7) is 0.465. The first kappa shape index (κ1) is 18.5. The van der Waals surface area contributed by atoms with E-state index in [0.29, 0.717) is 24.5 Å². The van der Waals surface area contributed by atoms with Gasteiger partial charge in [-0.1, -0.05) is 0 Å². The molecule has 0 saturated heterocycles. The number of carbonyl (C=O) groups excluding carboxylic acids is 1. The van der Waals surface area contributed by atoms with Crippen LogP contribution in [0, 0.1) is 0 Å². The van der Waals surface area contributed by atoms with E-state index in [0.717, 1.165) is 0 Å². The van der Waals surface area contributed by atoms with Crippen LogP contribution in [0.2, 0.25) is 0 Å². The maximum Gasteiger partial charge on any atom is 0.389 e. The molecule has 0 aromatic carbocycles. The van der Waals surface area contributed by atoms with Crippen molar-refractivity contribution in [1.82, 2.24) is 0 Å². The number of rotatable bonds is 10. The van der Waals surface area contributed by atoms with Crippen LogP contribution in [0.15, 0.2) is 0 Å². The van der Waals surface area contributed by atoms with Crippen LogP contribution in [0.25, 0.3) is 0 Å². The summed E-state index contributed by atoms with van der Waals surface area (Å²) in [5.74, 6) is 0.441. The first-order valence-corrected chi connectivity index (χ1v) is 7.08. The summed E-state index contributed by atoms with van der Waals surface area (Å²) in [7, 11) is 1.49. The average Bonchev–Trinajstić information content (AvgIpc) is 2.32. The van der Waals surface area contributed by atoms with E-state index >= 15 is 0 Å². The highest BCUT2D eigenvalue weighted by molar-refractivity contribution is 7.99. The van der Waals surface area contributed by atoms with Crippen molar-refractivity contribution >= 4 is 17.7 Å². The zero-order valence-electron chi connectivity index (χ0n) is 10.9. The largest absolute Gasteiger partial charge is 0.462 e. The highest BCUT2D eigenvalue weighted by atomic mass is 32.2. The molecule has 1 atom stereocenters. The molecule has 0 spiro atoms. The lowest BCUT2D eigenvalue weighted by Gasteiger charge is -2.11. The number of alkyl halides is 3. The number of carbonyl (C=O) groups is 1. The minimum Gasteiger partial charge on any atom is -0.462 e. The van der Waals surface area contributed by atoms with Crippen molar-refractivity contribution in [3.05, 3.63) is 0 Å². The molecule has 0 aliphatic carbocycles. The second kappa shape index (κ2) is 10.3. The molecule has 0 radical (unpaired) electrons. The Bertz CT molecular complexity index is 252. The van der Waals surface area contributed by atoms with Gasteiger partial charge >= 0.3 is 12.1 Å². The number of methoxy groups -OCH3 is 1. The molecule has 8 heteroatoms. The van der Waals surface area contributed by atoms with E-state index in [1.54, 1.807) is 0 Å². The Labute approximate surface area is 115 Å². The van der Waals surface area contributed by atoms with Gasteiger partial charge in [0.05, 0.1) is 6.61 Å². The lowest BCUT2D eigenvalue weighted by molar-refractivity contribution is -0.146. The molecule has 0 amide bonds. The predicted molar refractivity (Wildman–Crippen MR) is 68.0 cm³/mol. The summed E-state index contributed by atoms with van der Waals surface area (Å²) >= 11 is 1.36. The average molecular weight is 303 g/mol. The summed E-state index contributed by atoms with van der Waals surface area (Å²) in [5, 5.41) is 0. The summed E-state index contributed by atoms with van der Waals surface area (Å²) in [5.41, 5.74) is 5.57. The predicted octanol–water partition coefficient (Wildman–Crippen LogP) is 1.97. The van der Waals surface area contributed by atoms with E-state index in [1.165, 1.54) is 18.9 Å². The van der Waals surface area contributed by atoms with Crippen molar-refractivity contribution in [1.29, 1.82) is 0 Å². The number of nitrogens with two attached hydrogens (primary N) is 1. The molecule has 0 aliphatic heterocycles. The first-order chi connectivity index (χ1) is 8.87. The van der Waals surface area contributed by atoms with Gasteiger partial charge in [-0.3, -0.25) is 4.79 Å². The van der Waals surface area contributed by atoms with Crippen LogP contribution >= 0.6 is 11.8 Å². The van der Waals surface area contributed by atoms with Gasteiger partial charge in [0.2, 0.25) is 0 Å². The second-order valence-electron chi connectivity index (χ2n) is 3.89. The van der Waals surface area contributed by atoms with Gasteiger partial charge in [0.25, 0.3) is 0 Å². The number of hydrogen-bond acceptors (Lipinski definition) is 5. The third-order valence-electron chi connectivity index (χ3n) is 2.16. The highest BCUT2D eigenvalue weighted by Crippen LogP contribution is 2.22. The minimum atomic E-state index is -4.10. The molecule has 0 aromatic heterocycles. The molecule has 0 bridgehead atoms. The van der Waals surface area contributed by atoms with Crippen LogP contribution in [0.1, 0.15) is 19.3 Å². The van der Waals surface area contributed by atoms with Gasteiger partial charge in [0.15, 0.2) is 0 Å². The molecule has 0 aromatic rings. The Morgan fingerprint density at radius 1 is 1.32 bits per heavy atom. The Morgan fingerprint density at radius 2 is 2.00 bits per heavy atom. The number of halogens is 3. The highest BCUT2D eigenvalue weighted by Gasteiger charge is 2.25. The Morgan fingerprint density at radius 3 is 2.58 bits per heavy atom. The molecule has 0 saturated carbocycles. The summed E-state index contributed by atoms with van der Waals surface area (Å²) in [6.07, 6.45) is -4.39. The van der Waals surface area contributed by atoms with E-state index < -0.39 is 24.6 Å². The van der Waals surface area contributed by atoms with Crippen LogP contribution in [-0.4, -0.2) is 50.0 Å². The molecule has 0 rings (SSSR count). The fraction of sp³-hybridized carbons (Fsp3) is 0.909. The summed E-state index contributed by atoms with van der Waals surface area (Å²) in [4.78, 5) is 11.3.